The smallest absolute Gasteiger partial charge is 0.338 e. The lowest BCUT2D eigenvalue weighted by Crippen LogP contribution is -2.13. The van der Waals surface area contributed by atoms with Crippen LogP contribution in [-0.4, -0.2) is 44.5 Å². The maximum absolute atomic E-state index is 11.6. The number of methoxy groups -OCH3 is 1. The zero-order valence-electron chi connectivity index (χ0n) is 10.4. The Morgan fingerprint density at radius 1 is 1.33 bits per heavy atom. The maximum Gasteiger partial charge on any atom is 0.338 e. The summed E-state index contributed by atoms with van der Waals surface area (Å²) in [5.41, 5.74) is 6.54. The standard InChI is InChI=1S/C12H18N2O4/c1-16-4-5-17-6-7-18-12(15)10-2-3-14-11(8-10)9-13/h2-3,8H,4-7,9,13H2,1H3. The molecule has 0 aromatic carbocycles. The Morgan fingerprint density at radius 2 is 2.11 bits per heavy atom. The summed E-state index contributed by atoms with van der Waals surface area (Å²) < 4.78 is 15.0. The van der Waals surface area contributed by atoms with Crippen molar-refractivity contribution in [1.29, 1.82) is 0 Å². The highest BCUT2D eigenvalue weighted by Crippen LogP contribution is 2.03. The van der Waals surface area contributed by atoms with Gasteiger partial charge in [-0.2, -0.15) is 0 Å². The Labute approximate surface area is 106 Å². The van der Waals surface area contributed by atoms with Crippen LogP contribution in [0, 0.1) is 0 Å². The number of rotatable bonds is 8. The van der Waals surface area contributed by atoms with Gasteiger partial charge in [0.2, 0.25) is 0 Å². The first-order valence-corrected chi connectivity index (χ1v) is 5.66. The van der Waals surface area contributed by atoms with E-state index in [1.54, 1.807) is 19.2 Å². The lowest BCUT2D eigenvalue weighted by molar-refractivity contribution is 0.0213. The molecule has 0 radical (unpaired) electrons. The molecule has 6 heteroatoms. The number of carbonyl (C=O) groups is 1. The number of pyridine rings is 1. The molecule has 0 unspecified atom stereocenters. The summed E-state index contributed by atoms with van der Waals surface area (Å²) in [6.07, 6.45) is 1.54. The highest BCUT2D eigenvalue weighted by atomic mass is 16.6. The largest absolute Gasteiger partial charge is 0.460 e. The molecule has 0 aliphatic rings. The lowest BCUT2D eigenvalue weighted by Gasteiger charge is -2.06. The van der Waals surface area contributed by atoms with Crippen molar-refractivity contribution in [2.45, 2.75) is 6.54 Å². The van der Waals surface area contributed by atoms with Crippen LogP contribution in [0.25, 0.3) is 0 Å². The molecule has 0 amide bonds. The van der Waals surface area contributed by atoms with Crippen molar-refractivity contribution in [3.05, 3.63) is 29.6 Å². The molecule has 0 saturated carbocycles. The molecule has 0 atom stereocenters. The van der Waals surface area contributed by atoms with E-state index in [0.29, 0.717) is 37.6 Å². The fourth-order valence-corrected chi connectivity index (χ4v) is 1.24. The van der Waals surface area contributed by atoms with E-state index in [9.17, 15) is 4.79 Å². The SMILES string of the molecule is COCCOCCOC(=O)c1ccnc(CN)c1. The van der Waals surface area contributed by atoms with Crippen LogP contribution in [0.4, 0.5) is 0 Å². The maximum atomic E-state index is 11.6. The van der Waals surface area contributed by atoms with Crippen LogP contribution in [0.1, 0.15) is 16.1 Å². The average molecular weight is 254 g/mol. The van der Waals surface area contributed by atoms with Crippen molar-refractivity contribution < 1.29 is 19.0 Å². The third kappa shape index (κ3) is 5.22. The Morgan fingerprint density at radius 3 is 2.83 bits per heavy atom. The lowest BCUT2D eigenvalue weighted by atomic mass is 10.2. The summed E-state index contributed by atoms with van der Waals surface area (Å²) in [6, 6.07) is 3.21. The first-order valence-electron chi connectivity index (χ1n) is 5.66. The van der Waals surface area contributed by atoms with Gasteiger partial charge >= 0.3 is 5.97 Å². The number of esters is 1. The molecule has 1 aromatic heterocycles. The molecular weight excluding hydrogens is 236 g/mol. The molecule has 0 aliphatic heterocycles. The van der Waals surface area contributed by atoms with Crippen molar-refractivity contribution in [2.75, 3.05) is 33.5 Å². The first kappa shape index (κ1) is 14.6. The van der Waals surface area contributed by atoms with E-state index in [0.717, 1.165) is 0 Å². The molecule has 1 heterocycles. The van der Waals surface area contributed by atoms with E-state index < -0.39 is 5.97 Å². The van der Waals surface area contributed by atoms with Gasteiger partial charge in [-0.1, -0.05) is 0 Å². The molecule has 0 bridgehead atoms. The van der Waals surface area contributed by atoms with Crippen molar-refractivity contribution in [2.24, 2.45) is 5.73 Å². The van der Waals surface area contributed by atoms with E-state index >= 15 is 0 Å². The van der Waals surface area contributed by atoms with Gasteiger partial charge in [-0.15, -0.1) is 0 Å². The predicted molar refractivity (Wildman–Crippen MR) is 65.1 cm³/mol. The second kappa shape index (κ2) is 8.57. The van der Waals surface area contributed by atoms with Crippen molar-refractivity contribution >= 4 is 5.97 Å². The van der Waals surface area contributed by atoms with Gasteiger partial charge < -0.3 is 19.9 Å². The second-order valence-corrected chi connectivity index (χ2v) is 3.48. The monoisotopic (exact) mass is 254 g/mol. The van der Waals surface area contributed by atoms with Crippen molar-refractivity contribution in [1.82, 2.24) is 4.98 Å². The molecule has 0 fully saturated rings. The summed E-state index contributed by atoms with van der Waals surface area (Å²) in [4.78, 5) is 15.6. The summed E-state index contributed by atoms with van der Waals surface area (Å²) in [7, 11) is 1.60. The second-order valence-electron chi connectivity index (χ2n) is 3.48. The van der Waals surface area contributed by atoms with E-state index in [4.69, 9.17) is 19.9 Å². The fourth-order valence-electron chi connectivity index (χ4n) is 1.24. The molecule has 100 valence electrons. The minimum absolute atomic E-state index is 0.211. The number of nitrogens with two attached hydrogens (primary N) is 1. The number of aromatic nitrogens is 1. The van der Waals surface area contributed by atoms with Crippen LogP contribution in [0.5, 0.6) is 0 Å². The normalized spacial score (nSPS) is 10.3. The third-order valence-corrected chi connectivity index (χ3v) is 2.15. The summed E-state index contributed by atoms with van der Waals surface area (Å²) in [6.45, 7) is 1.87. The molecule has 6 nitrogen and oxygen atoms in total. The van der Waals surface area contributed by atoms with Crippen LogP contribution in [0.15, 0.2) is 18.3 Å². The van der Waals surface area contributed by atoms with E-state index in [2.05, 4.69) is 4.98 Å². The van der Waals surface area contributed by atoms with Crippen LogP contribution < -0.4 is 5.73 Å². The first-order chi connectivity index (χ1) is 8.77. The minimum Gasteiger partial charge on any atom is -0.460 e. The van der Waals surface area contributed by atoms with Gasteiger partial charge in [0.05, 0.1) is 31.1 Å². The zero-order valence-corrected chi connectivity index (χ0v) is 10.4. The Bertz CT molecular complexity index is 371. The third-order valence-electron chi connectivity index (χ3n) is 2.15. The van der Waals surface area contributed by atoms with E-state index in [-0.39, 0.29) is 6.61 Å². The molecule has 0 saturated heterocycles. The Balaban J connectivity index is 2.27. The molecule has 1 aromatic rings. The molecule has 1 rings (SSSR count). The van der Waals surface area contributed by atoms with E-state index in [1.807, 2.05) is 0 Å². The highest BCUT2D eigenvalue weighted by molar-refractivity contribution is 5.89. The number of ether oxygens (including phenoxy) is 3. The average Bonchev–Trinajstić information content (AvgIpc) is 2.42. The summed E-state index contributed by atoms with van der Waals surface area (Å²) >= 11 is 0. The van der Waals surface area contributed by atoms with Crippen LogP contribution in [0.3, 0.4) is 0 Å². The molecular formula is C12H18N2O4. The number of carbonyl (C=O) groups excluding carboxylic acids is 1. The van der Waals surface area contributed by atoms with Crippen LogP contribution >= 0.6 is 0 Å². The number of hydrogen-bond acceptors (Lipinski definition) is 6. The van der Waals surface area contributed by atoms with Gasteiger partial charge in [0.1, 0.15) is 6.61 Å². The van der Waals surface area contributed by atoms with Gasteiger partial charge in [0, 0.05) is 19.9 Å². The predicted octanol–water partition coefficient (Wildman–Crippen LogP) is 0.360. The molecule has 2 N–H and O–H groups in total. The van der Waals surface area contributed by atoms with Gasteiger partial charge in [0.15, 0.2) is 0 Å². The van der Waals surface area contributed by atoms with Crippen LogP contribution in [-0.2, 0) is 20.8 Å². The quantitative estimate of drug-likeness (QED) is 0.532. The summed E-state index contributed by atoms with van der Waals surface area (Å²) in [5.74, 6) is -0.401. The topological polar surface area (TPSA) is 83.7 Å². The summed E-state index contributed by atoms with van der Waals surface area (Å²) in [5, 5.41) is 0. The highest BCUT2D eigenvalue weighted by Gasteiger charge is 2.07. The van der Waals surface area contributed by atoms with Crippen molar-refractivity contribution in [3.63, 3.8) is 0 Å². The molecule has 18 heavy (non-hydrogen) atoms. The van der Waals surface area contributed by atoms with E-state index in [1.165, 1.54) is 6.20 Å². The van der Waals surface area contributed by atoms with Gasteiger partial charge in [-0.25, -0.2) is 4.79 Å². The number of hydrogen-bond donors (Lipinski definition) is 1. The number of nitrogens with zero attached hydrogens (tertiary/aromatic N) is 1. The minimum atomic E-state index is -0.401. The Hall–Kier alpha value is -1.50. The van der Waals surface area contributed by atoms with Crippen molar-refractivity contribution in [3.8, 4) is 0 Å². The molecule has 0 spiro atoms. The Kier molecular flexibility index (Phi) is 6.93. The fraction of sp³-hybridized carbons (Fsp3) is 0.500. The molecule has 0 aliphatic carbocycles. The van der Waals surface area contributed by atoms with Crippen LogP contribution in [0.2, 0.25) is 0 Å². The zero-order chi connectivity index (χ0) is 13.2. The van der Waals surface area contributed by atoms with Gasteiger partial charge in [0.25, 0.3) is 0 Å². The van der Waals surface area contributed by atoms with Gasteiger partial charge in [-0.05, 0) is 12.1 Å². The van der Waals surface area contributed by atoms with Gasteiger partial charge in [-0.3, -0.25) is 4.98 Å².